The number of nitrogens with zero attached hydrogens (tertiary/aromatic N) is 1. The van der Waals surface area contributed by atoms with Gasteiger partial charge >= 0.3 is 5.97 Å². The van der Waals surface area contributed by atoms with Crippen molar-refractivity contribution in [1.29, 1.82) is 0 Å². The lowest BCUT2D eigenvalue weighted by molar-refractivity contribution is -0.141. The Morgan fingerprint density at radius 2 is 1.43 bits per heavy atom. The molecule has 23 nitrogen and oxygen atoms in total. The molecular weight excluding hydrogens is 923 g/mol. The van der Waals surface area contributed by atoms with Crippen LogP contribution >= 0.6 is 44.2 Å². The Hall–Kier alpha value is -4.93. The summed E-state index contributed by atoms with van der Waals surface area (Å²) < 4.78 is 0.406. The fourth-order valence-corrected chi connectivity index (χ4v) is 8.38. The molecule has 9 amide bonds. The number of nitrogens with two attached hydrogens (primary N) is 3. The van der Waals surface area contributed by atoms with E-state index in [9.17, 15) is 63.3 Å². The molecule has 2 heterocycles. The van der Waals surface area contributed by atoms with E-state index in [-0.39, 0.29) is 36.6 Å². The van der Waals surface area contributed by atoms with Gasteiger partial charge in [-0.2, -0.15) is 0 Å². The first-order valence-corrected chi connectivity index (χ1v) is 20.8. The van der Waals surface area contributed by atoms with Crippen LogP contribution < -0.4 is 49.1 Å². The maximum atomic E-state index is 13.5. The summed E-state index contributed by atoms with van der Waals surface area (Å²) in [7, 11) is 1.88. The van der Waals surface area contributed by atoms with Crippen molar-refractivity contribution in [1.82, 2.24) is 36.8 Å². The number of carbonyl (C=O) groups is 10. The van der Waals surface area contributed by atoms with E-state index in [1.165, 1.54) is 18.2 Å². The van der Waals surface area contributed by atoms with Crippen molar-refractivity contribution < 1.29 is 63.3 Å². The molecule has 15 N–H and O–H groups in total. The standard InChI is InChI=1S/C32H43IN10O13S2/c33-15-3-13(1-2-22(15)45)4-17-29(53)38-9-25(48)43-10-14(44)5-21(43)32(56)41-18(6-23(35)46)31(55)42-20(27(36)51)12-58-57-11-16(34)28(52)40-19(7-26(49)50)30(54)37-8-24(47)39-17/h1-3,14,16-21,44-45H,4-12,34H2,(H2,35,46)(H2,36,51)(H,37,54)(H,38,53)(H,39,47)(H,40,52)(H,41,56)(H,42,55)(H,49,50)/t14-,16-,17+,18+,19-,20-,21+/m1/s1. The van der Waals surface area contributed by atoms with Crippen molar-refractivity contribution in [3.05, 3.63) is 27.3 Å². The Morgan fingerprint density at radius 1 is 0.810 bits per heavy atom. The Morgan fingerprint density at radius 3 is 2.07 bits per heavy atom. The fourth-order valence-electron chi connectivity index (χ4n) is 5.51. The third-order valence-corrected chi connectivity index (χ3v) is 11.8. The number of phenolic OH excluding ortho intramolecular Hbond substituents is 1. The molecule has 7 atom stereocenters. The number of carboxylic acid groups (broad SMARTS) is 1. The molecule has 0 unspecified atom stereocenters. The first-order chi connectivity index (χ1) is 27.2. The number of aliphatic carboxylic acids is 1. The number of aliphatic hydroxyl groups excluding tert-OH is 1. The number of benzene rings is 1. The largest absolute Gasteiger partial charge is 0.507 e. The van der Waals surface area contributed by atoms with Crippen molar-refractivity contribution in [3.8, 4) is 5.75 Å². The van der Waals surface area contributed by atoms with Crippen molar-refractivity contribution in [2.75, 3.05) is 31.1 Å². The number of aromatic hydroxyl groups is 1. The van der Waals surface area contributed by atoms with E-state index >= 15 is 0 Å². The minimum atomic E-state index is -1.69. The lowest BCUT2D eigenvalue weighted by Crippen LogP contribution is -2.58. The number of carbonyl (C=O) groups excluding carboxylic acids is 9. The van der Waals surface area contributed by atoms with Gasteiger partial charge in [-0.05, 0) is 40.3 Å². The van der Waals surface area contributed by atoms with Gasteiger partial charge in [0.15, 0.2) is 0 Å². The summed E-state index contributed by atoms with van der Waals surface area (Å²) in [5, 5.41) is 43.6. The third kappa shape index (κ3) is 14.8. The highest BCUT2D eigenvalue weighted by Gasteiger charge is 2.41. The zero-order valence-electron chi connectivity index (χ0n) is 30.4. The van der Waals surface area contributed by atoms with E-state index in [1.807, 2.05) is 22.6 Å². The Kier molecular flexibility index (Phi) is 18.2. The molecule has 1 aromatic carbocycles. The number of aliphatic hydroxyl groups is 1. The van der Waals surface area contributed by atoms with Gasteiger partial charge in [-0.3, -0.25) is 47.9 Å². The molecule has 3 rings (SSSR count). The van der Waals surface area contributed by atoms with Gasteiger partial charge < -0.3 is 69.3 Å². The van der Waals surface area contributed by atoms with E-state index in [1.54, 1.807) is 0 Å². The number of halogens is 1. The van der Waals surface area contributed by atoms with Gasteiger partial charge in [0.05, 0.1) is 41.6 Å². The normalized spacial score (nSPS) is 26.5. The van der Waals surface area contributed by atoms with Gasteiger partial charge in [-0.25, -0.2) is 0 Å². The van der Waals surface area contributed by atoms with Crippen LogP contribution in [-0.4, -0.2) is 153 Å². The number of hydrogen-bond acceptors (Lipinski definition) is 15. The van der Waals surface area contributed by atoms with Gasteiger partial charge in [0.25, 0.3) is 0 Å². The van der Waals surface area contributed by atoms with Gasteiger partial charge in [-0.1, -0.05) is 27.7 Å². The fraction of sp³-hybridized carbons (Fsp3) is 0.500. The van der Waals surface area contributed by atoms with Gasteiger partial charge in [0, 0.05) is 30.9 Å². The van der Waals surface area contributed by atoms with E-state index in [0.29, 0.717) is 9.13 Å². The topological polar surface area (TPSA) is 385 Å². The highest BCUT2D eigenvalue weighted by atomic mass is 127. The zero-order valence-corrected chi connectivity index (χ0v) is 34.2. The van der Waals surface area contributed by atoms with E-state index in [2.05, 4.69) is 31.9 Å². The lowest BCUT2D eigenvalue weighted by atomic mass is 10.0. The summed E-state index contributed by atoms with van der Waals surface area (Å²) in [6.45, 7) is -1.92. The minimum Gasteiger partial charge on any atom is -0.507 e. The predicted molar refractivity (Wildman–Crippen MR) is 213 cm³/mol. The molecule has 1 aromatic rings. The molecule has 0 saturated carbocycles. The second-order valence-corrected chi connectivity index (χ2v) is 16.7. The highest BCUT2D eigenvalue weighted by molar-refractivity contribution is 14.1. The molecule has 58 heavy (non-hydrogen) atoms. The summed E-state index contributed by atoms with van der Waals surface area (Å²) in [4.78, 5) is 129. The molecule has 0 radical (unpaired) electrons. The van der Waals surface area contributed by atoms with Crippen molar-refractivity contribution in [3.63, 3.8) is 0 Å². The maximum absolute atomic E-state index is 13.5. The summed E-state index contributed by atoms with van der Waals surface area (Å²) in [6, 6.07) is -4.56. The summed E-state index contributed by atoms with van der Waals surface area (Å²) in [5.74, 6) is -10.7. The van der Waals surface area contributed by atoms with Crippen LogP contribution in [0.2, 0.25) is 0 Å². The second kappa shape index (κ2) is 22.3. The number of phenols is 1. The van der Waals surface area contributed by atoms with Gasteiger partial charge in [-0.15, -0.1) is 0 Å². The Labute approximate surface area is 351 Å². The second-order valence-electron chi connectivity index (χ2n) is 13.0. The molecule has 26 heteroatoms. The number of carboxylic acids is 1. The Bertz CT molecular complexity index is 1790. The van der Waals surface area contributed by atoms with Crippen LogP contribution in [0.3, 0.4) is 0 Å². The number of rotatable bonds is 7. The third-order valence-electron chi connectivity index (χ3n) is 8.46. The minimum absolute atomic E-state index is 0.0599. The molecule has 0 aliphatic carbocycles. The van der Waals surface area contributed by atoms with E-state index < -0.39 is 127 Å². The van der Waals surface area contributed by atoms with Crippen LogP contribution in [0.5, 0.6) is 5.75 Å². The van der Waals surface area contributed by atoms with E-state index in [0.717, 1.165) is 26.5 Å². The molecule has 0 bridgehead atoms. The summed E-state index contributed by atoms with van der Waals surface area (Å²) in [5.41, 5.74) is 17.2. The smallest absolute Gasteiger partial charge is 0.305 e. The zero-order chi connectivity index (χ0) is 43.3. The van der Waals surface area contributed by atoms with E-state index in [4.69, 9.17) is 17.2 Å². The first-order valence-electron chi connectivity index (χ1n) is 17.3. The van der Waals surface area contributed by atoms with Gasteiger partial charge in [0.1, 0.15) is 36.0 Å². The number of fused-ring (bicyclic) bond motifs is 1. The molecule has 2 aliphatic rings. The average molecular weight is 967 g/mol. The average Bonchev–Trinajstić information content (AvgIpc) is 3.55. The summed E-state index contributed by atoms with van der Waals surface area (Å²) in [6.07, 6.45) is -3.36. The highest BCUT2D eigenvalue weighted by Crippen LogP contribution is 2.24. The number of hydrogen-bond donors (Lipinski definition) is 12. The van der Waals surface area contributed by atoms with Crippen LogP contribution in [0, 0.1) is 3.57 Å². The SMILES string of the molecule is NC(=O)C[C@@H]1NC(=O)[C@@H]2C[C@@H](O)CN2C(=O)CNC(=O)[C@H](Cc2ccc(O)c(I)c2)NC(=O)CNC(=O)[C@@H](CC(=O)O)NC(=O)[C@H](N)CSSC[C@H](C(N)=O)NC1=O. The number of amides is 9. The lowest BCUT2D eigenvalue weighted by Gasteiger charge is -2.27. The van der Waals surface area contributed by atoms with Crippen molar-refractivity contribution in [2.45, 2.75) is 68.0 Å². The van der Waals surface area contributed by atoms with Crippen LogP contribution in [0.15, 0.2) is 18.2 Å². The van der Waals surface area contributed by atoms with Crippen LogP contribution in [0.4, 0.5) is 0 Å². The van der Waals surface area contributed by atoms with Crippen molar-refractivity contribution in [2.24, 2.45) is 17.2 Å². The molecule has 318 valence electrons. The molecular formula is C32H43IN10O13S2. The molecule has 0 spiro atoms. The monoisotopic (exact) mass is 966 g/mol. The van der Waals surface area contributed by atoms with Gasteiger partial charge in [0.2, 0.25) is 53.2 Å². The molecule has 2 saturated heterocycles. The van der Waals surface area contributed by atoms with Crippen LogP contribution in [-0.2, 0) is 54.4 Å². The maximum Gasteiger partial charge on any atom is 0.305 e. The summed E-state index contributed by atoms with van der Waals surface area (Å²) >= 11 is 1.84. The predicted octanol–water partition coefficient (Wildman–Crippen LogP) is -5.77. The Balaban J connectivity index is 1.93. The van der Waals surface area contributed by atoms with Crippen LogP contribution in [0.1, 0.15) is 24.8 Å². The molecule has 2 aliphatic heterocycles. The molecule has 0 aromatic heterocycles. The number of primary amides is 2. The molecule has 2 fully saturated rings. The van der Waals surface area contributed by atoms with Crippen LogP contribution in [0.25, 0.3) is 0 Å². The quantitative estimate of drug-likeness (QED) is 0.0895. The number of nitrogens with one attached hydrogen (secondary N) is 6. The first kappa shape index (κ1) is 47.4. The van der Waals surface area contributed by atoms with Crippen molar-refractivity contribution >= 4 is 103 Å².